The normalized spacial score (nSPS) is 10.4. The first-order valence-electron chi connectivity index (χ1n) is 4.77. The second-order valence-electron chi connectivity index (χ2n) is 3.41. The molecule has 0 aliphatic carbocycles. The van der Waals surface area contributed by atoms with Gasteiger partial charge in [0.05, 0.1) is 0 Å². The zero-order valence-electron chi connectivity index (χ0n) is 8.62. The number of halogens is 1. The number of nitrogens with one attached hydrogen (secondary N) is 1. The van der Waals surface area contributed by atoms with Crippen LogP contribution in [0.25, 0.3) is 10.8 Å². The molecule has 2 rings (SSSR count). The van der Waals surface area contributed by atoms with Crippen molar-refractivity contribution in [3.8, 4) is 5.75 Å². The Labute approximate surface area is 97.7 Å². The molecule has 4 heteroatoms. The summed E-state index contributed by atoms with van der Waals surface area (Å²) in [5, 5.41) is 14.1. The van der Waals surface area contributed by atoms with Crippen LogP contribution in [0.3, 0.4) is 0 Å². The van der Waals surface area contributed by atoms with Crippen molar-refractivity contribution in [1.29, 1.82) is 0 Å². The van der Waals surface area contributed by atoms with Gasteiger partial charge < -0.3 is 10.4 Å². The van der Waals surface area contributed by atoms with Crippen LogP contribution in [-0.2, 0) is 0 Å². The largest absolute Gasteiger partial charge is 0.507 e. The summed E-state index contributed by atoms with van der Waals surface area (Å²) < 4.78 is 0. The number of fused-ring (bicyclic) bond motifs is 1. The third-order valence-corrected chi connectivity index (χ3v) is 2.74. The summed E-state index contributed by atoms with van der Waals surface area (Å²) >= 11 is 6.01. The second-order valence-corrected chi connectivity index (χ2v) is 3.82. The smallest absolute Gasteiger partial charge is 0.251 e. The van der Waals surface area contributed by atoms with Crippen molar-refractivity contribution in [3.63, 3.8) is 0 Å². The molecule has 0 aromatic heterocycles. The maximum atomic E-state index is 11.5. The summed E-state index contributed by atoms with van der Waals surface area (Å²) in [7, 11) is 1.54. The van der Waals surface area contributed by atoms with Crippen LogP contribution in [0.2, 0.25) is 5.02 Å². The van der Waals surface area contributed by atoms with Gasteiger partial charge in [-0.3, -0.25) is 4.79 Å². The number of benzene rings is 2. The molecule has 2 aromatic rings. The second kappa shape index (κ2) is 4.02. The fourth-order valence-electron chi connectivity index (χ4n) is 1.60. The predicted molar refractivity (Wildman–Crippen MR) is 64.0 cm³/mol. The SMILES string of the molecule is CNC(=O)c1cc(O)c2cccc(Cl)c2c1. The molecule has 0 saturated heterocycles. The highest BCUT2D eigenvalue weighted by molar-refractivity contribution is 6.35. The summed E-state index contributed by atoms with van der Waals surface area (Å²) in [6, 6.07) is 8.32. The number of hydrogen-bond acceptors (Lipinski definition) is 2. The first-order valence-corrected chi connectivity index (χ1v) is 5.14. The van der Waals surface area contributed by atoms with E-state index in [9.17, 15) is 9.90 Å². The Morgan fingerprint density at radius 2 is 2.06 bits per heavy atom. The maximum absolute atomic E-state index is 11.5. The van der Waals surface area contributed by atoms with Gasteiger partial charge >= 0.3 is 0 Å². The number of carbonyl (C=O) groups is 1. The van der Waals surface area contributed by atoms with Gasteiger partial charge in [0, 0.05) is 28.4 Å². The average Bonchev–Trinajstić information content (AvgIpc) is 2.29. The Morgan fingerprint density at radius 3 is 2.75 bits per heavy atom. The minimum Gasteiger partial charge on any atom is -0.507 e. The highest BCUT2D eigenvalue weighted by Gasteiger charge is 2.09. The van der Waals surface area contributed by atoms with Crippen LogP contribution in [0.15, 0.2) is 30.3 Å². The van der Waals surface area contributed by atoms with Crippen molar-refractivity contribution in [3.05, 3.63) is 40.9 Å². The molecule has 0 aliphatic rings. The van der Waals surface area contributed by atoms with Crippen LogP contribution >= 0.6 is 11.6 Å². The van der Waals surface area contributed by atoms with Gasteiger partial charge in [0.25, 0.3) is 5.91 Å². The lowest BCUT2D eigenvalue weighted by atomic mass is 10.1. The molecule has 3 nitrogen and oxygen atoms in total. The van der Waals surface area contributed by atoms with E-state index in [0.29, 0.717) is 21.4 Å². The predicted octanol–water partition coefficient (Wildman–Crippen LogP) is 2.56. The standard InChI is InChI=1S/C12H10ClNO2/c1-14-12(16)7-5-9-8(11(15)6-7)3-2-4-10(9)13/h2-6,15H,1H3,(H,14,16). The number of amides is 1. The molecule has 2 aromatic carbocycles. The molecule has 0 aliphatic heterocycles. The molecule has 0 bridgehead atoms. The van der Waals surface area contributed by atoms with Gasteiger partial charge in [-0.05, 0) is 18.2 Å². The van der Waals surface area contributed by atoms with Crippen molar-refractivity contribution < 1.29 is 9.90 Å². The summed E-state index contributed by atoms with van der Waals surface area (Å²) in [5.74, 6) is -0.198. The summed E-state index contributed by atoms with van der Waals surface area (Å²) in [6.45, 7) is 0. The van der Waals surface area contributed by atoms with E-state index in [4.69, 9.17) is 11.6 Å². The van der Waals surface area contributed by atoms with Gasteiger partial charge in [0.1, 0.15) is 5.75 Å². The van der Waals surface area contributed by atoms with Gasteiger partial charge in [-0.15, -0.1) is 0 Å². The van der Waals surface area contributed by atoms with Crippen LogP contribution in [-0.4, -0.2) is 18.1 Å². The van der Waals surface area contributed by atoms with E-state index in [1.165, 1.54) is 13.1 Å². The molecular formula is C12H10ClNO2. The van der Waals surface area contributed by atoms with Gasteiger partial charge in [-0.1, -0.05) is 23.7 Å². The third kappa shape index (κ3) is 1.70. The molecule has 0 spiro atoms. The zero-order valence-corrected chi connectivity index (χ0v) is 9.38. The lowest BCUT2D eigenvalue weighted by Crippen LogP contribution is -2.17. The topological polar surface area (TPSA) is 49.3 Å². The number of phenols is 1. The molecule has 82 valence electrons. The van der Waals surface area contributed by atoms with Crippen molar-refractivity contribution in [1.82, 2.24) is 5.32 Å². The Kier molecular flexibility index (Phi) is 2.71. The number of rotatable bonds is 1. The Morgan fingerprint density at radius 1 is 1.31 bits per heavy atom. The molecule has 0 atom stereocenters. The van der Waals surface area contributed by atoms with Crippen LogP contribution in [0.4, 0.5) is 0 Å². The van der Waals surface area contributed by atoms with Gasteiger partial charge in [-0.25, -0.2) is 0 Å². The minimum absolute atomic E-state index is 0.0543. The van der Waals surface area contributed by atoms with E-state index in [2.05, 4.69) is 5.32 Å². The van der Waals surface area contributed by atoms with E-state index in [-0.39, 0.29) is 11.7 Å². The number of carbonyl (C=O) groups excluding carboxylic acids is 1. The van der Waals surface area contributed by atoms with Crippen molar-refractivity contribution in [2.24, 2.45) is 0 Å². The van der Waals surface area contributed by atoms with Crippen molar-refractivity contribution in [2.75, 3.05) is 7.05 Å². The molecule has 0 fully saturated rings. The molecule has 0 saturated carbocycles. The molecule has 0 unspecified atom stereocenters. The van der Waals surface area contributed by atoms with E-state index in [0.717, 1.165) is 0 Å². The summed E-state index contributed by atoms with van der Waals surface area (Å²) in [5.41, 5.74) is 0.389. The molecule has 0 heterocycles. The molecule has 0 radical (unpaired) electrons. The maximum Gasteiger partial charge on any atom is 0.251 e. The first kappa shape index (κ1) is 10.8. The first-order chi connectivity index (χ1) is 7.63. The fourth-order valence-corrected chi connectivity index (χ4v) is 1.83. The zero-order chi connectivity index (χ0) is 11.7. The Balaban J connectivity index is 2.75. The van der Waals surface area contributed by atoms with E-state index in [1.807, 2.05) is 0 Å². The molecule has 2 N–H and O–H groups in total. The minimum atomic E-state index is -0.253. The Hall–Kier alpha value is -1.74. The Bertz CT molecular complexity index is 566. The molecule has 16 heavy (non-hydrogen) atoms. The van der Waals surface area contributed by atoms with Crippen LogP contribution in [0.1, 0.15) is 10.4 Å². The summed E-state index contributed by atoms with van der Waals surface area (Å²) in [6.07, 6.45) is 0. The van der Waals surface area contributed by atoms with Gasteiger partial charge in [0.15, 0.2) is 0 Å². The average molecular weight is 236 g/mol. The third-order valence-electron chi connectivity index (χ3n) is 2.41. The molecule has 1 amide bonds. The van der Waals surface area contributed by atoms with Crippen molar-refractivity contribution >= 4 is 28.3 Å². The lowest BCUT2D eigenvalue weighted by Gasteiger charge is -2.06. The van der Waals surface area contributed by atoms with Crippen molar-refractivity contribution in [2.45, 2.75) is 0 Å². The van der Waals surface area contributed by atoms with Crippen LogP contribution in [0, 0.1) is 0 Å². The fraction of sp³-hybridized carbons (Fsp3) is 0.0833. The number of aromatic hydroxyl groups is 1. The number of phenolic OH excluding ortho intramolecular Hbond substituents is 1. The van der Waals surface area contributed by atoms with Gasteiger partial charge in [-0.2, -0.15) is 0 Å². The monoisotopic (exact) mass is 235 g/mol. The van der Waals surface area contributed by atoms with E-state index in [1.54, 1.807) is 24.3 Å². The van der Waals surface area contributed by atoms with E-state index >= 15 is 0 Å². The number of hydrogen-bond donors (Lipinski definition) is 2. The quantitative estimate of drug-likeness (QED) is 0.798. The highest BCUT2D eigenvalue weighted by Crippen LogP contribution is 2.31. The van der Waals surface area contributed by atoms with E-state index < -0.39 is 0 Å². The van der Waals surface area contributed by atoms with Crippen LogP contribution in [0.5, 0.6) is 5.75 Å². The van der Waals surface area contributed by atoms with Crippen LogP contribution < -0.4 is 5.32 Å². The van der Waals surface area contributed by atoms with Gasteiger partial charge in [0.2, 0.25) is 0 Å². The lowest BCUT2D eigenvalue weighted by molar-refractivity contribution is 0.0963. The highest BCUT2D eigenvalue weighted by atomic mass is 35.5. The molecular weight excluding hydrogens is 226 g/mol. The summed E-state index contributed by atoms with van der Waals surface area (Å²) in [4.78, 5) is 11.5.